The van der Waals surface area contributed by atoms with Crippen LogP contribution >= 0.6 is 0 Å². The Labute approximate surface area is 106 Å². The van der Waals surface area contributed by atoms with E-state index in [2.05, 4.69) is 11.8 Å². The third-order valence-corrected chi connectivity index (χ3v) is 3.54. The van der Waals surface area contributed by atoms with Crippen molar-refractivity contribution in [3.05, 3.63) is 34.2 Å². The number of rotatable bonds is 4. The lowest BCUT2D eigenvalue weighted by Gasteiger charge is -2.23. The lowest BCUT2D eigenvalue weighted by atomic mass is 10.2. The number of likely N-dealkylation sites (tertiary alicyclic amines) is 1. The van der Waals surface area contributed by atoms with Gasteiger partial charge in [0, 0.05) is 24.8 Å². The van der Waals surface area contributed by atoms with Crippen LogP contribution in [-0.4, -0.2) is 39.7 Å². The van der Waals surface area contributed by atoms with E-state index in [1.54, 1.807) is 0 Å². The zero-order chi connectivity index (χ0) is 13.1. The zero-order valence-corrected chi connectivity index (χ0v) is 10.5. The molecule has 1 N–H and O–H groups in total. The van der Waals surface area contributed by atoms with E-state index < -0.39 is 5.97 Å². The Kier molecular flexibility index (Phi) is 3.81. The van der Waals surface area contributed by atoms with Crippen LogP contribution in [0.2, 0.25) is 0 Å². The molecule has 1 aliphatic rings. The maximum absolute atomic E-state index is 11.7. The van der Waals surface area contributed by atoms with E-state index in [-0.39, 0.29) is 11.1 Å². The van der Waals surface area contributed by atoms with E-state index >= 15 is 0 Å². The lowest BCUT2D eigenvalue weighted by molar-refractivity contribution is 0.0695. The van der Waals surface area contributed by atoms with Crippen LogP contribution in [0.3, 0.4) is 0 Å². The van der Waals surface area contributed by atoms with Gasteiger partial charge in [-0.2, -0.15) is 0 Å². The molecule has 2 heterocycles. The predicted octanol–water partition coefficient (Wildman–Crippen LogP) is 1.03. The number of aromatic nitrogens is 1. The van der Waals surface area contributed by atoms with Crippen molar-refractivity contribution in [3.8, 4) is 0 Å². The summed E-state index contributed by atoms with van der Waals surface area (Å²) < 4.78 is 1.52. The van der Waals surface area contributed by atoms with Gasteiger partial charge in [-0.25, -0.2) is 4.79 Å². The third-order valence-electron chi connectivity index (χ3n) is 3.54. The van der Waals surface area contributed by atoms with Crippen molar-refractivity contribution in [1.82, 2.24) is 9.47 Å². The topological polar surface area (TPSA) is 62.5 Å². The predicted molar refractivity (Wildman–Crippen MR) is 67.9 cm³/mol. The van der Waals surface area contributed by atoms with E-state index in [4.69, 9.17) is 5.11 Å². The fourth-order valence-electron chi connectivity index (χ4n) is 2.55. The van der Waals surface area contributed by atoms with E-state index in [1.807, 2.05) is 0 Å². The maximum Gasteiger partial charge on any atom is 0.337 e. The molecule has 0 spiro atoms. The fraction of sp³-hybridized carbons (Fsp3) is 0.538. The van der Waals surface area contributed by atoms with Gasteiger partial charge >= 0.3 is 5.97 Å². The van der Waals surface area contributed by atoms with Gasteiger partial charge < -0.3 is 9.67 Å². The number of likely N-dealkylation sites (N-methyl/N-ethyl adjacent to an activating group) is 1. The van der Waals surface area contributed by atoms with Crippen LogP contribution < -0.4 is 5.56 Å². The highest BCUT2D eigenvalue weighted by Crippen LogP contribution is 2.17. The molecular weight excluding hydrogens is 232 g/mol. The highest BCUT2D eigenvalue weighted by molar-refractivity contribution is 5.87. The van der Waals surface area contributed by atoms with Crippen molar-refractivity contribution in [2.75, 3.05) is 13.1 Å². The summed E-state index contributed by atoms with van der Waals surface area (Å²) in [5.74, 6) is -0.998. The van der Waals surface area contributed by atoms with Gasteiger partial charge in [-0.05, 0) is 32.0 Å². The molecule has 0 amide bonds. The van der Waals surface area contributed by atoms with Crippen LogP contribution in [0.4, 0.5) is 0 Å². The number of carbonyl (C=O) groups is 1. The summed E-state index contributed by atoms with van der Waals surface area (Å²) in [6.45, 7) is 4.72. The Morgan fingerprint density at radius 1 is 1.50 bits per heavy atom. The normalized spacial score (nSPS) is 20.2. The summed E-state index contributed by atoms with van der Waals surface area (Å²) in [6, 6.07) is 3.03. The number of nitrogens with zero attached hydrogens (tertiary/aromatic N) is 2. The van der Waals surface area contributed by atoms with Crippen molar-refractivity contribution in [2.45, 2.75) is 32.4 Å². The van der Waals surface area contributed by atoms with E-state index in [0.717, 1.165) is 25.9 Å². The molecule has 18 heavy (non-hydrogen) atoms. The Morgan fingerprint density at radius 2 is 2.28 bits per heavy atom. The van der Waals surface area contributed by atoms with Crippen LogP contribution in [0.5, 0.6) is 0 Å². The third kappa shape index (κ3) is 2.61. The van der Waals surface area contributed by atoms with E-state index in [0.29, 0.717) is 12.6 Å². The molecule has 5 heteroatoms. The summed E-state index contributed by atoms with van der Waals surface area (Å²) in [6.07, 6.45) is 3.65. The number of carboxylic acids is 1. The Morgan fingerprint density at radius 3 is 2.94 bits per heavy atom. The molecule has 0 aliphatic carbocycles. The molecule has 1 aliphatic heterocycles. The van der Waals surface area contributed by atoms with Gasteiger partial charge in [0.05, 0.1) is 5.56 Å². The fourth-order valence-corrected chi connectivity index (χ4v) is 2.55. The largest absolute Gasteiger partial charge is 0.478 e. The summed E-state index contributed by atoms with van der Waals surface area (Å²) in [7, 11) is 0. The van der Waals surface area contributed by atoms with Crippen LogP contribution in [-0.2, 0) is 6.54 Å². The second-order valence-corrected chi connectivity index (χ2v) is 4.64. The number of aromatic carboxylic acids is 1. The smallest absolute Gasteiger partial charge is 0.337 e. The van der Waals surface area contributed by atoms with Crippen LogP contribution in [0, 0.1) is 0 Å². The Balaban J connectivity index is 2.20. The van der Waals surface area contributed by atoms with Gasteiger partial charge in [0.1, 0.15) is 0 Å². The van der Waals surface area contributed by atoms with E-state index in [9.17, 15) is 9.59 Å². The van der Waals surface area contributed by atoms with Crippen molar-refractivity contribution in [2.24, 2.45) is 0 Å². The second-order valence-electron chi connectivity index (χ2n) is 4.64. The molecule has 98 valence electrons. The maximum atomic E-state index is 11.7. The van der Waals surface area contributed by atoms with Crippen molar-refractivity contribution >= 4 is 5.97 Å². The van der Waals surface area contributed by atoms with Crippen molar-refractivity contribution in [3.63, 3.8) is 0 Å². The summed E-state index contributed by atoms with van der Waals surface area (Å²) >= 11 is 0. The van der Waals surface area contributed by atoms with Gasteiger partial charge in [-0.15, -0.1) is 0 Å². The monoisotopic (exact) mass is 250 g/mol. The quantitative estimate of drug-likeness (QED) is 0.867. The second kappa shape index (κ2) is 5.35. The highest BCUT2D eigenvalue weighted by Gasteiger charge is 2.23. The first-order valence-electron chi connectivity index (χ1n) is 6.29. The standard InChI is InChI=1S/C13H18N2O3/c1-2-14-7-3-4-11(14)9-15-8-10(13(17)18)5-6-12(15)16/h5-6,8,11H,2-4,7,9H2,1H3,(H,17,18). The first-order valence-corrected chi connectivity index (χ1v) is 6.29. The zero-order valence-electron chi connectivity index (χ0n) is 10.5. The molecule has 5 nitrogen and oxygen atoms in total. The number of hydrogen-bond donors (Lipinski definition) is 1. The van der Waals surface area contributed by atoms with Gasteiger partial charge in [0.25, 0.3) is 5.56 Å². The van der Waals surface area contributed by atoms with E-state index in [1.165, 1.54) is 22.9 Å². The Bertz CT molecular complexity index is 495. The molecule has 1 saturated heterocycles. The van der Waals surface area contributed by atoms with Crippen molar-refractivity contribution < 1.29 is 9.90 Å². The van der Waals surface area contributed by atoms with Gasteiger partial charge in [0.2, 0.25) is 0 Å². The Hall–Kier alpha value is -1.62. The number of carboxylic acid groups (broad SMARTS) is 1. The summed E-state index contributed by atoms with van der Waals surface area (Å²) in [5.41, 5.74) is 0.0265. The highest BCUT2D eigenvalue weighted by atomic mass is 16.4. The lowest BCUT2D eigenvalue weighted by Crippen LogP contribution is -2.35. The molecule has 0 saturated carbocycles. The molecule has 1 atom stereocenters. The summed E-state index contributed by atoms with van der Waals surface area (Å²) in [4.78, 5) is 25.0. The minimum absolute atomic E-state index is 0.136. The number of pyridine rings is 1. The first kappa shape index (κ1) is 12.8. The first-order chi connectivity index (χ1) is 8.61. The molecule has 0 radical (unpaired) electrons. The molecule has 1 aromatic rings. The molecule has 0 bridgehead atoms. The molecule has 1 aromatic heterocycles. The minimum atomic E-state index is -0.998. The molecule has 2 rings (SSSR count). The van der Waals surface area contributed by atoms with Gasteiger partial charge in [-0.1, -0.05) is 6.92 Å². The number of hydrogen-bond acceptors (Lipinski definition) is 3. The van der Waals surface area contributed by atoms with Gasteiger partial charge in [-0.3, -0.25) is 9.69 Å². The average molecular weight is 250 g/mol. The van der Waals surface area contributed by atoms with Crippen LogP contribution in [0.25, 0.3) is 0 Å². The molecular formula is C13H18N2O3. The minimum Gasteiger partial charge on any atom is -0.478 e. The SMILES string of the molecule is CCN1CCCC1Cn1cc(C(=O)O)ccc1=O. The average Bonchev–Trinajstić information content (AvgIpc) is 2.79. The molecule has 1 unspecified atom stereocenters. The molecule has 0 aromatic carbocycles. The van der Waals surface area contributed by atoms with Crippen LogP contribution in [0.1, 0.15) is 30.1 Å². The van der Waals surface area contributed by atoms with Crippen molar-refractivity contribution in [1.29, 1.82) is 0 Å². The molecule has 1 fully saturated rings. The van der Waals surface area contributed by atoms with Gasteiger partial charge in [0.15, 0.2) is 0 Å². The van der Waals surface area contributed by atoms with Crippen LogP contribution in [0.15, 0.2) is 23.1 Å². The summed E-state index contributed by atoms with van der Waals surface area (Å²) in [5, 5.41) is 8.93.